The van der Waals surface area contributed by atoms with Crippen molar-refractivity contribution >= 4 is 23.2 Å². The maximum atomic E-state index is 12.1. The molecule has 1 amide bonds. The summed E-state index contributed by atoms with van der Waals surface area (Å²) < 4.78 is 0. The second-order valence-electron chi connectivity index (χ2n) is 5.27. The van der Waals surface area contributed by atoms with Crippen molar-refractivity contribution in [3.8, 4) is 0 Å². The molecule has 2 atom stereocenters. The lowest BCUT2D eigenvalue weighted by Crippen LogP contribution is -2.45. The van der Waals surface area contributed by atoms with E-state index in [1.165, 1.54) is 12.1 Å². The number of nitro groups is 1. The van der Waals surface area contributed by atoms with E-state index in [0.29, 0.717) is 0 Å². The van der Waals surface area contributed by atoms with Crippen molar-refractivity contribution in [2.75, 3.05) is 6.54 Å². The van der Waals surface area contributed by atoms with Crippen LogP contribution in [0.5, 0.6) is 0 Å². The molecule has 1 rings (SSSR count). The van der Waals surface area contributed by atoms with Gasteiger partial charge in [-0.2, -0.15) is 0 Å². The normalized spacial score (nSPS) is 15.1. The van der Waals surface area contributed by atoms with E-state index in [9.17, 15) is 20.0 Å². The summed E-state index contributed by atoms with van der Waals surface area (Å²) in [5.41, 5.74) is -1.25. The molecule has 1 aromatic rings. The van der Waals surface area contributed by atoms with E-state index >= 15 is 0 Å². The molecule has 0 bridgehead atoms. The first-order valence-electron chi connectivity index (χ1n) is 6.63. The average Bonchev–Trinajstić information content (AvgIpc) is 2.44. The zero-order valence-electron chi connectivity index (χ0n) is 12.2. The van der Waals surface area contributed by atoms with Crippen molar-refractivity contribution in [2.45, 2.75) is 32.8 Å². The van der Waals surface area contributed by atoms with Crippen LogP contribution in [0, 0.1) is 16.0 Å². The topological polar surface area (TPSA) is 92.5 Å². The number of non-ortho nitro benzene ring substituents is 1. The highest BCUT2D eigenvalue weighted by Crippen LogP contribution is 2.23. The van der Waals surface area contributed by atoms with E-state index in [1.54, 1.807) is 6.92 Å². The van der Waals surface area contributed by atoms with E-state index in [4.69, 9.17) is 11.6 Å². The third-order valence-corrected chi connectivity index (χ3v) is 4.02. The summed E-state index contributed by atoms with van der Waals surface area (Å²) >= 11 is 5.89. The number of nitrogens with zero attached hydrogens (tertiary/aromatic N) is 1. The van der Waals surface area contributed by atoms with Crippen molar-refractivity contribution in [1.29, 1.82) is 0 Å². The number of nitrogens with one attached hydrogen (secondary N) is 1. The lowest BCUT2D eigenvalue weighted by atomic mass is 9.88. The Balaban J connectivity index is 2.85. The first-order chi connectivity index (χ1) is 9.69. The van der Waals surface area contributed by atoms with Gasteiger partial charge in [0.25, 0.3) is 11.6 Å². The van der Waals surface area contributed by atoms with Crippen LogP contribution in [0.3, 0.4) is 0 Å². The van der Waals surface area contributed by atoms with Crippen LogP contribution in [0.15, 0.2) is 18.2 Å². The van der Waals surface area contributed by atoms with E-state index in [2.05, 4.69) is 5.32 Å². The van der Waals surface area contributed by atoms with Crippen LogP contribution in [-0.4, -0.2) is 28.1 Å². The number of benzene rings is 1. The largest absolute Gasteiger partial charge is 0.388 e. The first kappa shape index (κ1) is 17.4. The molecule has 0 aliphatic heterocycles. The summed E-state index contributed by atoms with van der Waals surface area (Å²) in [5, 5.41) is 23.6. The van der Waals surface area contributed by atoms with Gasteiger partial charge < -0.3 is 10.4 Å². The molecule has 2 unspecified atom stereocenters. The second kappa shape index (κ2) is 6.87. The quantitative estimate of drug-likeness (QED) is 0.623. The Morgan fingerprint density at radius 1 is 1.57 bits per heavy atom. The second-order valence-corrected chi connectivity index (χ2v) is 5.68. The molecule has 6 nitrogen and oxygen atoms in total. The predicted molar refractivity (Wildman–Crippen MR) is 80.5 cm³/mol. The first-order valence-corrected chi connectivity index (χ1v) is 7.01. The minimum atomic E-state index is -1.06. The van der Waals surface area contributed by atoms with Crippen LogP contribution in [0.2, 0.25) is 5.02 Å². The average molecular weight is 315 g/mol. The predicted octanol–water partition coefficient (Wildman–Crippen LogP) is 2.78. The highest BCUT2D eigenvalue weighted by atomic mass is 35.5. The molecule has 0 aromatic heterocycles. The van der Waals surface area contributed by atoms with Gasteiger partial charge in [0, 0.05) is 18.7 Å². The summed E-state index contributed by atoms with van der Waals surface area (Å²) in [5.74, 6) is -0.550. The monoisotopic (exact) mass is 314 g/mol. The maximum Gasteiger partial charge on any atom is 0.270 e. The molecule has 0 saturated carbocycles. The number of rotatable bonds is 6. The summed E-state index contributed by atoms with van der Waals surface area (Å²) in [6, 6.07) is 3.66. The molecule has 116 valence electrons. The molecule has 0 saturated heterocycles. The van der Waals surface area contributed by atoms with Gasteiger partial charge in [-0.15, -0.1) is 0 Å². The number of halogens is 1. The molecule has 0 spiro atoms. The van der Waals surface area contributed by atoms with Crippen molar-refractivity contribution in [3.05, 3.63) is 38.9 Å². The molecule has 21 heavy (non-hydrogen) atoms. The SMILES string of the molecule is CCC(C)C(C)(O)CNC(=O)c1cc([N+](=O)[O-])ccc1Cl. The number of carbonyl (C=O) groups is 1. The van der Waals surface area contributed by atoms with Gasteiger partial charge in [-0.25, -0.2) is 0 Å². The number of amides is 1. The van der Waals surface area contributed by atoms with Gasteiger partial charge in [0.1, 0.15) is 0 Å². The molecule has 2 N–H and O–H groups in total. The molecule has 0 fully saturated rings. The van der Waals surface area contributed by atoms with Crippen molar-refractivity contribution in [1.82, 2.24) is 5.32 Å². The van der Waals surface area contributed by atoms with Crippen LogP contribution in [-0.2, 0) is 0 Å². The standard InChI is InChI=1S/C14H19ClN2O4/c1-4-9(2)14(3,19)8-16-13(18)11-7-10(17(20)21)5-6-12(11)15/h5-7,9,19H,4,8H2,1-3H3,(H,16,18). The Labute approximate surface area is 128 Å². The van der Waals surface area contributed by atoms with Gasteiger partial charge >= 0.3 is 0 Å². The van der Waals surface area contributed by atoms with Crippen LogP contribution < -0.4 is 5.32 Å². The summed E-state index contributed by atoms with van der Waals surface area (Å²) in [6.07, 6.45) is 0.764. The molecule has 0 heterocycles. The van der Waals surface area contributed by atoms with Crippen LogP contribution in [0.25, 0.3) is 0 Å². The summed E-state index contributed by atoms with van der Waals surface area (Å²) in [7, 11) is 0. The molecular weight excluding hydrogens is 296 g/mol. The summed E-state index contributed by atoms with van der Waals surface area (Å²) in [4.78, 5) is 22.2. The molecular formula is C14H19ClN2O4. The maximum absolute atomic E-state index is 12.1. The van der Waals surface area contributed by atoms with Crippen molar-refractivity contribution in [3.63, 3.8) is 0 Å². The molecule has 1 aromatic carbocycles. The van der Waals surface area contributed by atoms with Gasteiger partial charge in [-0.05, 0) is 18.9 Å². The highest BCUT2D eigenvalue weighted by molar-refractivity contribution is 6.33. The lowest BCUT2D eigenvalue weighted by Gasteiger charge is -2.29. The van der Waals surface area contributed by atoms with E-state index in [-0.39, 0.29) is 28.7 Å². The van der Waals surface area contributed by atoms with Gasteiger partial charge in [0.15, 0.2) is 0 Å². The van der Waals surface area contributed by atoms with E-state index in [1.807, 2.05) is 13.8 Å². The van der Waals surface area contributed by atoms with Crippen LogP contribution in [0.1, 0.15) is 37.6 Å². The van der Waals surface area contributed by atoms with Crippen LogP contribution >= 0.6 is 11.6 Å². The van der Waals surface area contributed by atoms with E-state index < -0.39 is 16.4 Å². The smallest absolute Gasteiger partial charge is 0.270 e. The molecule has 7 heteroatoms. The molecule has 0 aliphatic rings. The Kier molecular flexibility index (Phi) is 5.69. The number of aliphatic hydroxyl groups is 1. The van der Waals surface area contributed by atoms with Gasteiger partial charge in [-0.3, -0.25) is 14.9 Å². The minimum Gasteiger partial charge on any atom is -0.388 e. The highest BCUT2D eigenvalue weighted by Gasteiger charge is 2.28. The number of carbonyl (C=O) groups excluding carboxylic acids is 1. The third kappa shape index (κ3) is 4.41. The van der Waals surface area contributed by atoms with Crippen molar-refractivity contribution < 1.29 is 14.8 Å². The van der Waals surface area contributed by atoms with Crippen LogP contribution in [0.4, 0.5) is 5.69 Å². The third-order valence-electron chi connectivity index (χ3n) is 3.69. The fraction of sp³-hybridized carbons (Fsp3) is 0.500. The fourth-order valence-electron chi connectivity index (χ4n) is 1.77. The Hall–Kier alpha value is -1.66. The number of nitro benzene ring substituents is 1. The van der Waals surface area contributed by atoms with Crippen molar-refractivity contribution in [2.24, 2.45) is 5.92 Å². The molecule has 0 aliphatic carbocycles. The lowest BCUT2D eigenvalue weighted by molar-refractivity contribution is -0.384. The van der Waals surface area contributed by atoms with Gasteiger partial charge in [-0.1, -0.05) is 31.9 Å². The minimum absolute atomic E-state index is 0.00150. The number of hydrogen-bond donors (Lipinski definition) is 2. The fourth-order valence-corrected chi connectivity index (χ4v) is 1.97. The molecule has 0 radical (unpaired) electrons. The number of hydrogen-bond acceptors (Lipinski definition) is 4. The zero-order chi connectivity index (χ0) is 16.2. The van der Waals surface area contributed by atoms with Gasteiger partial charge in [0.05, 0.1) is 21.1 Å². The summed E-state index contributed by atoms with van der Waals surface area (Å²) in [6.45, 7) is 5.50. The van der Waals surface area contributed by atoms with E-state index in [0.717, 1.165) is 12.5 Å². The zero-order valence-corrected chi connectivity index (χ0v) is 13.0. The Bertz CT molecular complexity index is 546. The Morgan fingerprint density at radius 2 is 2.19 bits per heavy atom. The van der Waals surface area contributed by atoms with Gasteiger partial charge in [0.2, 0.25) is 0 Å². The Morgan fingerprint density at radius 3 is 2.71 bits per heavy atom.